The molecule has 78 valence electrons. The van der Waals surface area contributed by atoms with E-state index in [0.29, 0.717) is 5.69 Å². The first-order valence-electron chi connectivity index (χ1n) is 4.25. The molecule has 0 amide bonds. The number of nitrogens with zero attached hydrogens (tertiary/aromatic N) is 1. The Hall–Kier alpha value is -1.82. The van der Waals surface area contributed by atoms with Gasteiger partial charge < -0.3 is 0 Å². The van der Waals surface area contributed by atoms with Crippen molar-refractivity contribution in [3.05, 3.63) is 42.7 Å². The predicted molar refractivity (Wildman–Crippen MR) is 55.8 cm³/mol. The van der Waals surface area contributed by atoms with Gasteiger partial charge in [0.2, 0.25) is 0 Å². The SMILES string of the molecule is O=S(=O)(Nc1ccccc1)c1cn[nH]c1. The molecule has 2 aromatic rings. The summed E-state index contributed by atoms with van der Waals surface area (Å²) in [6, 6.07) is 8.69. The van der Waals surface area contributed by atoms with Gasteiger partial charge in [-0.25, -0.2) is 8.42 Å². The van der Waals surface area contributed by atoms with E-state index in [1.807, 2.05) is 6.07 Å². The van der Waals surface area contributed by atoms with Gasteiger partial charge in [-0.3, -0.25) is 9.82 Å². The van der Waals surface area contributed by atoms with Crippen LogP contribution in [-0.4, -0.2) is 18.6 Å². The van der Waals surface area contributed by atoms with Gasteiger partial charge in [0.05, 0.1) is 6.20 Å². The smallest absolute Gasteiger partial charge is 0.265 e. The maximum Gasteiger partial charge on any atom is 0.265 e. The van der Waals surface area contributed by atoms with Crippen molar-refractivity contribution in [2.45, 2.75) is 4.90 Å². The average Bonchev–Trinajstić information content (AvgIpc) is 2.71. The zero-order valence-electron chi connectivity index (χ0n) is 7.71. The Morgan fingerprint density at radius 3 is 2.53 bits per heavy atom. The zero-order valence-corrected chi connectivity index (χ0v) is 8.53. The summed E-state index contributed by atoms with van der Waals surface area (Å²) in [6.07, 6.45) is 2.58. The molecular formula is C9H9N3O2S. The van der Waals surface area contributed by atoms with Crippen molar-refractivity contribution in [3.63, 3.8) is 0 Å². The lowest BCUT2D eigenvalue weighted by Gasteiger charge is -2.04. The first kappa shape index (κ1) is 9.72. The van der Waals surface area contributed by atoms with Gasteiger partial charge in [0, 0.05) is 11.9 Å². The average molecular weight is 223 g/mol. The van der Waals surface area contributed by atoms with Gasteiger partial charge in [-0.05, 0) is 12.1 Å². The van der Waals surface area contributed by atoms with Crippen LogP contribution in [0.5, 0.6) is 0 Å². The van der Waals surface area contributed by atoms with Crippen molar-refractivity contribution in [1.82, 2.24) is 10.2 Å². The van der Waals surface area contributed by atoms with Crippen molar-refractivity contribution in [2.75, 3.05) is 4.72 Å². The summed E-state index contributed by atoms with van der Waals surface area (Å²) in [7, 11) is -3.51. The van der Waals surface area contributed by atoms with Gasteiger partial charge in [-0.2, -0.15) is 5.10 Å². The van der Waals surface area contributed by atoms with E-state index in [-0.39, 0.29) is 4.90 Å². The van der Waals surface area contributed by atoms with Crippen LogP contribution in [0.1, 0.15) is 0 Å². The van der Waals surface area contributed by atoms with Crippen molar-refractivity contribution in [1.29, 1.82) is 0 Å². The fourth-order valence-corrected chi connectivity index (χ4v) is 2.07. The Labute approximate surface area is 87.2 Å². The van der Waals surface area contributed by atoms with Crippen LogP contribution in [0.4, 0.5) is 5.69 Å². The highest BCUT2D eigenvalue weighted by Gasteiger charge is 2.14. The second-order valence-electron chi connectivity index (χ2n) is 2.91. The fourth-order valence-electron chi connectivity index (χ4n) is 1.11. The molecular weight excluding hydrogens is 214 g/mol. The van der Waals surface area contributed by atoms with Gasteiger partial charge in [-0.1, -0.05) is 18.2 Å². The molecule has 0 radical (unpaired) electrons. The minimum Gasteiger partial charge on any atom is -0.284 e. The number of aromatic amines is 1. The summed E-state index contributed by atoms with van der Waals surface area (Å²) in [6.45, 7) is 0. The second-order valence-corrected chi connectivity index (χ2v) is 4.59. The largest absolute Gasteiger partial charge is 0.284 e. The van der Waals surface area contributed by atoms with E-state index in [9.17, 15) is 8.42 Å². The molecule has 15 heavy (non-hydrogen) atoms. The Bertz CT molecular complexity index is 520. The Morgan fingerprint density at radius 2 is 1.93 bits per heavy atom. The van der Waals surface area contributed by atoms with Gasteiger partial charge in [-0.15, -0.1) is 0 Å². The van der Waals surface area contributed by atoms with Crippen LogP contribution in [0.3, 0.4) is 0 Å². The third-order valence-electron chi connectivity index (χ3n) is 1.81. The molecule has 0 aliphatic rings. The van der Waals surface area contributed by atoms with Crippen molar-refractivity contribution in [2.24, 2.45) is 0 Å². The van der Waals surface area contributed by atoms with Gasteiger partial charge in [0.1, 0.15) is 4.90 Å². The molecule has 1 aromatic carbocycles. The topological polar surface area (TPSA) is 74.8 Å². The van der Waals surface area contributed by atoms with E-state index in [2.05, 4.69) is 14.9 Å². The van der Waals surface area contributed by atoms with Crippen LogP contribution in [0, 0.1) is 0 Å². The molecule has 0 fully saturated rings. The summed E-state index contributed by atoms with van der Waals surface area (Å²) in [4.78, 5) is 0.117. The Balaban J connectivity index is 2.27. The molecule has 6 heteroatoms. The quantitative estimate of drug-likeness (QED) is 0.821. The summed E-state index contributed by atoms with van der Waals surface area (Å²) in [5, 5.41) is 6.04. The van der Waals surface area contributed by atoms with E-state index < -0.39 is 10.0 Å². The Morgan fingerprint density at radius 1 is 1.20 bits per heavy atom. The number of nitrogens with one attached hydrogen (secondary N) is 2. The van der Waals surface area contributed by atoms with Crippen LogP contribution in [-0.2, 0) is 10.0 Å². The molecule has 2 N–H and O–H groups in total. The van der Waals surface area contributed by atoms with E-state index in [0.717, 1.165) is 0 Å². The molecule has 0 saturated heterocycles. The third kappa shape index (κ3) is 2.16. The molecule has 0 spiro atoms. The van der Waals surface area contributed by atoms with Crippen molar-refractivity contribution in [3.8, 4) is 0 Å². The number of anilines is 1. The standard InChI is InChI=1S/C9H9N3O2S/c13-15(14,9-6-10-11-7-9)12-8-4-2-1-3-5-8/h1-7,12H,(H,10,11). The van der Waals surface area contributed by atoms with E-state index >= 15 is 0 Å². The van der Waals surface area contributed by atoms with E-state index in [1.165, 1.54) is 12.4 Å². The number of hydrogen-bond donors (Lipinski definition) is 2. The number of hydrogen-bond acceptors (Lipinski definition) is 3. The second kappa shape index (κ2) is 3.74. The predicted octanol–water partition coefficient (Wildman–Crippen LogP) is 1.21. The summed E-state index contributed by atoms with van der Waals surface area (Å²) < 4.78 is 25.8. The van der Waals surface area contributed by atoms with E-state index in [1.54, 1.807) is 24.3 Å². The highest BCUT2D eigenvalue weighted by atomic mass is 32.2. The lowest BCUT2D eigenvalue weighted by molar-refractivity contribution is 0.601. The number of sulfonamides is 1. The molecule has 0 atom stereocenters. The molecule has 5 nitrogen and oxygen atoms in total. The van der Waals surface area contributed by atoms with E-state index in [4.69, 9.17) is 0 Å². The van der Waals surface area contributed by atoms with Crippen LogP contribution >= 0.6 is 0 Å². The highest BCUT2D eigenvalue weighted by molar-refractivity contribution is 7.92. The number of rotatable bonds is 3. The summed E-state index contributed by atoms with van der Waals surface area (Å²) in [5.74, 6) is 0. The molecule has 0 unspecified atom stereocenters. The minimum atomic E-state index is -3.51. The van der Waals surface area contributed by atoms with Crippen LogP contribution in [0.15, 0.2) is 47.6 Å². The molecule has 2 rings (SSSR count). The Kier molecular flexibility index (Phi) is 2.42. The maximum atomic E-state index is 11.7. The van der Waals surface area contributed by atoms with Crippen molar-refractivity contribution < 1.29 is 8.42 Å². The first-order valence-corrected chi connectivity index (χ1v) is 5.73. The molecule has 1 heterocycles. The zero-order chi connectivity index (χ0) is 10.7. The molecule has 0 aliphatic carbocycles. The molecule has 0 aliphatic heterocycles. The molecule has 0 bridgehead atoms. The first-order chi connectivity index (χ1) is 7.18. The van der Waals surface area contributed by atoms with Gasteiger partial charge >= 0.3 is 0 Å². The summed E-state index contributed by atoms with van der Waals surface area (Å²) in [5.41, 5.74) is 0.527. The highest BCUT2D eigenvalue weighted by Crippen LogP contribution is 2.13. The lowest BCUT2D eigenvalue weighted by Crippen LogP contribution is -2.11. The number of benzene rings is 1. The van der Waals surface area contributed by atoms with Crippen LogP contribution in [0.25, 0.3) is 0 Å². The maximum absolute atomic E-state index is 11.7. The van der Waals surface area contributed by atoms with Gasteiger partial charge in [0.25, 0.3) is 10.0 Å². The normalized spacial score (nSPS) is 11.2. The van der Waals surface area contributed by atoms with Crippen LogP contribution < -0.4 is 4.72 Å². The van der Waals surface area contributed by atoms with Crippen LogP contribution in [0.2, 0.25) is 0 Å². The summed E-state index contributed by atoms with van der Waals surface area (Å²) >= 11 is 0. The van der Waals surface area contributed by atoms with Gasteiger partial charge in [0.15, 0.2) is 0 Å². The molecule has 1 aromatic heterocycles. The monoisotopic (exact) mass is 223 g/mol. The molecule has 0 saturated carbocycles. The third-order valence-corrected chi connectivity index (χ3v) is 3.16. The fraction of sp³-hybridized carbons (Fsp3) is 0. The lowest BCUT2D eigenvalue weighted by atomic mass is 10.3. The van der Waals surface area contributed by atoms with Crippen molar-refractivity contribution >= 4 is 15.7 Å². The minimum absolute atomic E-state index is 0.117. The number of H-pyrrole nitrogens is 1. The number of aromatic nitrogens is 2. The number of para-hydroxylation sites is 1.